The zero-order valence-electron chi connectivity index (χ0n) is 15.5. The van der Waals surface area contributed by atoms with Crippen LogP contribution >= 0.6 is 0 Å². The van der Waals surface area contributed by atoms with E-state index in [4.69, 9.17) is 0 Å². The Morgan fingerprint density at radius 2 is 1.03 bits per heavy atom. The van der Waals surface area contributed by atoms with Crippen LogP contribution in [0.15, 0.2) is 72.8 Å². The van der Waals surface area contributed by atoms with Crippen molar-refractivity contribution in [1.82, 2.24) is 0 Å². The van der Waals surface area contributed by atoms with Crippen molar-refractivity contribution in [2.45, 2.75) is 0 Å². The SMILES string of the molecule is COC(=O)c1ccc(C(=O)Nc2ccc(C(=O)Nc3ccc(O)cc3)cc2)cc1. The number of anilines is 2. The molecule has 2 amide bonds. The minimum Gasteiger partial charge on any atom is -0.508 e. The van der Waals surface area contributed by atoms with Gasteiger partial charge in [0, 0.05) is 22.5 Å². The zero-order valence-corrected chi connectivity index (χ0v) is 15.5. The van der Waals surface area contributed by atoms with Gasteiger partial charge in [-0.15, -0.1) is 0 Å². The van der Waals surface area contributed by atoms with Gasteiger partial charge in [-0.25, -0.2) is 4.79 Å². The molecule has 3 aromatic carbocycles. The van der Waals surface area contributed by atoms with Crippen LogP contribution in [0.5, 0.6) is 5.75 Å². The van der Waals surface area contributed by atoms with Gasteiger partial charge in [-0.2, -0.15) is 0 Å². The van der Waals surface area contributed by atoms with Crippen molar-refractivity contribution >= 4 is 29.2 Å². The fraction of sp³-hybridized carbons (Fsp3) is 0.0455. The van der Waals surface area contributed by atoms with Gasteiger partial charge in [0.25, 0.3) is 11.8 Å². The molecule has 0 radical (unpaired) electrons. The van der Waals surface area contributed by atoms with Crippen molar-refractivity contribution in [1.29, 1.82) is 0 Å². The number of phenols is 1. The summed E-state index contributed by atoms with van der Waals surface area (Å²) in [7, 11) is 1.29. The highest BCUT2D eigenvalue weighted by molar-refractivity contribution is 6.06. The first-order valence-electron chi connectivity index (χ1n) is 8.66. The predicted octanol–water partition coefficient (Wildman–Crippen LogP) is 3.68. The first kappa shape index (κ1) is 19.6. The van der Waals surface area contributed by atoms with E-state index in [1.165, 1.54) is 43.5 Å². The summed E-state index contributed by atoms with van der Waals surface area (Å²) in [5.74, 6) is -1.02. The van der Waals surface area contributed by atoms with Crippen molar-refractivity contribution in [2.24, 2.45) is 0 Å². The highest BCUT2D eigenvalue weighted by atomic mass is 16.5. The normalized spacial score (nSPS) is 10.1. The number of phenolic OH excluding ortho intramolecular Hbond substituents is 1. The van der Waals surface area contributed by atoms with E-state index in [-0.39, 0.29) is 17.6 Å². The molecule has 0 saturated carbocycles. The number of carbonyl (C=O) groups is 3. The van der Waals surface area contributed by atoms with E-state index in [0.29, 0.717) is 28.1 Å². The minimum atomic E-state index is -0.474. The van der Waals surface area contributed by atoms with E-state index in [0.717, 1.165) is 0 Å². The Balaban J connectivity index is 1.62. The van der Waals surface area contributed by atoms with Gasteiger partial charge in [0.15, 0.2) is 0 Å². The maximum atomic E-state index is 12.3. The molecular formula is C22H18N2O5. The number of ether oxygens (including phenoxy) is 1. The average molecular weight is 390 g/mol. The molecule has 0 aliphatic carbocycles. The molecule has 0 aromatic heterocycles. The van der Waals surface area contributed by atoms with Gasteiger partial charge < -0.3 is 20.5 Å². The van der Waals surface area contributed by atoms with Gasteiger partial charge in [0.1, 0.15) is 5.75 Å². The predicted molar refractivity (Wildman–Crippen MR) is 108 cm³/mol. The molecule has 0 bridgehead atoms. The van der Waals surface area contributed by atoms with E-state index in [2.05, 4.69) is 15.4 Å². The summed E-state index contributed by atoms with van der Waals surface area (Å²) in [5.41, 5.74) is 2.23. The summed E-state index contributed by atoms with van der Waals surface area (Å²) in [4.78, 5) is 36.0. The summed E-state index contributed by atoms with van der Waals surface area (Å²) < 4.78 is 4.62. The summed E-state index contributed by atoms with van der Waals surface area (Å²) in [6.45, 7) is 0. The van der Waals surface area contributed by atoms with Crippen molar-refractivity contribution in [3.8, 4) is 5.75 Å². The van der Waals surface area contributed by atoms with Crippen LogP contribution in [0.3, 0.4) is 0 Å². The molecular weight excluding hydrogens is 372 g/mol. The molecule has 0 unspecified atom stereocenters. The van der Waals surface area contributed by atoms with Gasteiger partial charge >= 0.3 is 5.97 Å². The smallest absolute Gasteiger partial charge is 0.337 e. The summed E-state index contributed by atoms with van der Waals surface area (Å²) in [5, 5.41) is 14.7. The number of methoxy groups -OCH3 is 1. The second kappa shape index (κ2) is 8.71. The summed E-state index contributed by atoms with van der Waals surface area (Å²) in [6, 6.07) is 18.6. The highest BCUT2D eigenvalue weighted by Gasteiger charge is 2.10. The summed E-state index contributed by atoms with van der Waals surface area (Å²) >= 11 is 0. The highest BCUT2D eigenvalue weighted by Crippen LogP contribution is 2.16. The molecule has 0 heterocycles. The lowest BCUT2D eigenvalue weighted by Gasteiger charge is -2.08. The fourth-order valence-electron chi connectivity index (χ4n) is 2.53. The minimum absolute atomic E-state index is 0.114. The number of amides is 2. The quantitative estimate of drug-likeness (QED) is 0.455. The van der Waals surface area contributed by atoms with Crippen LogP contribution < -0.4 is 10.6 Å². The molecule has 3 aromatic rings. The third kappa shape index (κ3) is 4.98. The maximum Gasteiger partial charge on any atom is 0.337 e. The molecule has 3 N–H and O–H groups in total. The van der Waals surface area contributed by atoms with E-state index in [1.54, 1.807) is 36.4 Å². The van der Waals surface area contributed by atoms with Crippen LogP contribution in [0.25, 0.3) is 0 Å². The number of esters is 1. The Morgan fingerprint density at radius 3 is 1.48 bits per heavy atom. The number of benzene rings is 3. The molecule has 7 heteroatoms. The van der Waals surface area contributed by atoms with Crippen LogP contribution in [0.1, 0.15) is 31.1 Å². The monoisotopic (exact) mass is 390 g/mol. The average Bonchev–Trinajstić information content (AvgIpc) is 2.75. The molecule has 0 fully saturated rings. The van der Waals surface area contributed by atoms with Gasteiger partial charge in [0.2, 0.25) is 0 Å². The fourth-order valence-corrected chi connectivity index (χ4v) is 2.53. The lowest BCUT2D eigenvalue weighted by molar-refractivity contribution is 0.0600. The number of aromatic hydroxyl groups is 1. The Bertz CT molecular complexity index is 1030. The lowest BCUT2D eigenvalue weighted by Crippen LogP contribution is -2.14. The molecule has 0 saturated heterocycles. The van der Waals surface area contributed by atoms with E-state index >= 15 is 0 Å². The molecule has 146 valence electrons. The van der Waals surface area contributed by atoms with Gasteiger partial charge in [0.05, 0.1) is 12.7 Å². The molecule has 7 nitrogen and oxygen atoms in total. The van der Waals surface area contributed by atoms with Gasteiger partial charge in [-0.3, -0.25) is 9.59 Å². The molecule has 0 aliphatic rings. The third-order valence-electron chi connectivity index (χ3n) is 4.10. The first-order valence-corrected chi connectivity index (χ1v) is 8.66. The summed E-state index contributed by atoms with van der Waals surface area (Å²) in [6.07, 6.45) is 0. The number of carbonyl (C=O) groups excluding carboxylic acids is 3. The first-order chi connectivity index (χ1) is 14.0. The molecule has 0 spiro atoms. The Hall–Kier alpha value is -4.13. The second-order valence-electron chi connectivity index (χ2n) is 6.10. The second-order valence-corrected chi connectivity index (χ2v) is 6.10. The Morgan fingerprint density at radius 1 is 0.655 bits per heavy atom. The van der Waals surface area contributed by atoms with Crippen molar-refractivity contribution in [2.75, 3.05) is 17.7 Å². The third-order valence-corrected chi connectivity index (χ3v) is 4.10. The van der Waals surface area contributed by atoms with Crippen LogP contribution in [0.2, 0.25) is 0 Å². The van der Waals surface area contributed by atoms with Gasteiger partial charge in [-0.05, 0) is 72.8 Å². The van der Waals surface area contributed by atoms with Gasteiger partial charge in [-0.1, -0.05) is 0 Å². The van der Waals surface area contributed by atoms with Crippen molar-refractivity contribution < 1.29 is 24.2 Å². The van der Waals surface area contributed by atoms with Crippen molar-refractivity contribution in [3.63, 3.8) is 0 Å². The topological polar surface area (TPSA) is 105 Å². The molecule has 3 rings (SSSR count). The molecule has 0 atom stereocenters. The number of rotatable bonds is 5. The van der Waals surface area contributed by atoms with Crippen molar-refractivity contribution in [3.05, 3.63) is 89.5 Å². The number of nitrogens with one attached hydrogen (secondary N) is 2. The van der Waals surface area contributed by atoms with Crippen LogP contribution in [0, 0.1) is 0 Å². The maximum absolute atomic E-state index is 12.3. The number of hydrogen-bond donors (Lipinski definition) is 3. The zero-order chi connectivity index (χ0) is 20.8. The lowest BCUT2D eigenvalue weighted by atomic mass is 10.1. The standard InChI is InChI=1S/C22H18N2O5/c1-29-22(28)16-4-2-14(3-5-16)20(26)23-17-8-6-15(7-9-17)21(27)24-18-10-12-19(25)13-11-18/h2-13,25H,1H3,(H,23,26)(H,24,27). The Labute approximate surface area is 166 Å². The largest absolute Gasteiger partial charge is 0.508 e. The molecule has 0 aliphatic heterocycles. The van der Waals surface area contributed by atoms with Crippen LogP contribution in [-0.4, -0.2) is 30.0 Å². The van der Waals surface area contributed by atoms with Crippen LogP contribution in [-0.2, 0) is 4.74 Å². The Kier molecular flexibility index (Phi) is 5.89. The van der Waals surface area contributed by atoms with Crippen LogP contribution in [0.4, 0.5) is 11.4 Å². The van der Waals surface area contributed by atoms with E-state index in [9.17, 15) is 19.5 Å². The molecule has 29 heavy (non-hydrogen) atoms. The van der Waals surface area contributed by atoms with E-state index in [1.807, 2.05) is 0 Å². The van der Waals surface area contributed by atoms with E-state index < -0.39 is 5.97 Å². The number of hydrogen-bond acceptors (Lipinski definition) is 5.